The predicted octanol–water partition coefficient (Wildman–Crippen LogP) is 3.73. The summed E-state index contributed by atoms with van der Waals surface area (Å²) < 4.78 is 0. The molecule has 0 bridgehead atoms. The van der Waals surface area contributed by atoms with E-state index >= 15 is 0 Å². The van der Waals surface area contributed by atoms with Crippen molar-refractivity contribution in [1.82, 2.24) is 20.5 Å². The SMILES string of the molecule is CCC1(CC)C(=O)N(CC(=O)NC2CC2)c2cc3c4c([nH]c3cc21)-c1[nH]ncc1CCC4. The molecule has 1 saturated carbocycles. The van der Waals surface area contributed by atoms with Gasteiger partial charge >= 0.3 is 0 Å². The highest BCUT2D eigenvalue weighted by atomic mass is 16.2. The number of aryl methyl sites for hydroxylation is 2. The molecular weight excluding hydrogens is 402 g/mol. The van der Waals surface area contributed by atoms with Crippen molar-refractivity contribution < 1.29 is 9.59 Å². The molecule has 0 atom stereocenters. The van der Waals surface area contributed by atoms with Crippen LogP contribution in [0.5, 0.6) is 0 Å². The summed E-state index contributed by atoms with van der Waals surface area (Å²) in [4.78, 5) is 31.7. The smallest absolute Gasteiger partial charge is 0.240 e. The summed E-state index contributed by atoms with van der Waals surface area (Å²) in [6.45, 7) is 4.24. The molecular formula is C25H29N5O2. The number of aromatic amines is 2. The van der Waals surface area contributed by atoms with Crippen molar-refractivity contribution in [2.24, 2.45) is 0 Å². The van der Waals surface area contributed by atoms with Gasteiger partial charge in [0.15, 0.2) is 0 Å². The molecule has 0 unspecified atom stereocenters. The van der Waals surface area contributed by atoms with Gasteiger partial charge in [-0.3, -0.25) is 14.7 Å². The summed E-state index contributed by atoms with van der Waals surface area (Å²) in [5.41, 5.74) is 7.11. The first kappa shape index (κ1) is 19.6. The Balaban J connectivity index is 1.51. The summed E-state index contributed by atoms with van der Waals surface area (Å²) in [5.74, 6) is -0.0112. The molecule has 3 aliphatic rings. The summed E-state index contributed by atoms with van der Waals surface area (Å²) in [6.07, 6.45) is 8.46. The van der Waals surface area contributed by atoms with Crippen LogP contribution in [0, 0.1) is 0 Å². The van der Waals surface area contributed by atoms with Crippen LogP contribution in [0.1, 0.15) is 62.6 Å². The van der Waals surface area contributed by atoms with E-state index < -0.39 is 5.41 Å². The van der Waals surface area contributed by atoms with Crippen LogP contribution < -0.4 is 10.2 Å². The number of nitrogens with zero attached hydrogens (tertiary/aromatic N) is 2. The molecule has 3 heterocycles. The van der Waals surface area contributed by atoms with Gasteiger partial charge in [0.05, 0.1) is 23.0 Å². The second-order valence-corrected chi connectivity index (χ2v) is 9.54. The van der Waals surface area contributed by atoms with Crippen molar-refractivity contribution in [3.8, 4) is 11.4 Å². The molecule has 1 aromatic carbocycles. The lowest BCUT2D eigenvalue weighted by atomic mass is 9.76. The number of hydrogen-bond acceptors (Lipinski definition) is 3. The van der Waals surface area contributed by atoms with Gasteiger partial charge in [0.25, 0.3) is 0 Å². The number of hydrogen-bond donors (Lipinski definition) is 3. The highest BCUT2D eigenvalue weighted by Crippen LogP contribution is 2.49. The van der Waals surface area contributed by atoms with Crippen molar-refractivity contribution in [2.45, 2.75) is 70.3 Å². The first-order chi connectivity index (χ1) is 15.6. The maximum Gasteiger partial charge on any atom is 0.240 e. The van der Waals surface area contributed by atoms with Gasteiger partial charge in [0, 0.05) is 22.6 Å². The fourth-order valence-corrected chi connectivity index (χ4v) is 5.76. The minimum Gasteiger partial charge on any atom is -0.353 e. The van der Waals surface area contributed by atoms with E-state index in [4.69, 9.17) is 0 Å². The van der Waals surface area contributed by atoms with Crippen molar-refractivity contribution in [3.63, 3.8) is 0 Å². The first-order valence-corrected chi connectivity index (χ1v) is 11.9. The minimum absolute atomic E-state index is 0.0537. The highest BCUT2D eigenvalue weighted by Gasteiger charge is 2.49. The van der Waals surface area contributed by atoms with Crippen LogP contribution in [-0.4, -0.2) is 39.6 Å². The lowest BCUT2D eigenvalue weighted by Gasteiger charge is -2.26. The van der Waals surface area contributed by atoms with E-state index in [1.807, 2.05) is 6.20 Å². The lowest BCUT2D eigenvalue weighted by Crippen LogP contribution is -2.44. The Labute approximate surface area is 187 Å². The number of rotatable bonds is 5. The summed E-state index contributed by atoms with van der Waals surface area (Å²) in [5, 5.41) is 11.6. The van der Waals surface area contributed by atoms with E-state index in [1.54, 1.807) is 4.90 Å². The normalized spacial score (nSPS) is 18.9. The van der Waals surface area contributed by atoms with Gasteiger partial charge in [-0.25, -0.2) is 0 Å². The summed E-state index contributed by atoms with van der Waals surface area (Å²) in [6, 6.07) is 4.60. The fourth-order valence-electron chi connectivity index (χ4n) is 5.76. The molecule has 7 heteroatoms. The maximum absolute atomic E-state index is 13.7. The molecule has 2 aliphatic carbocycles. The van der Waals surface area contributed by atoms with Crippen molar-refractivity contribution in [3.05, 3.63) is 35.0 Å². The number of fused-ring (bicyclic) bond motifs is 6. The maximum atomic E-state index is 13.7. The Hall–Kier alpha value is -3.09. The molecule has 32 heavy (non-hydrogen) atoms. The molecule has 1 aliphatic heterocycles. The van der Waals surface area contributed by atoms with Crippen LogP contribution in [0.4, 0.5) is 5.69 Å². The average molecular weight is 432 g/mol. The van der Waals surface area contributed by atoms with Gasteiger partial charge in [0.1, 0.15) is 6.54 Å². The van der Waals surface area contributed by atoms with E-state index in [2.05, 4.69) is 46.5 Å². The van der Waals surface area contributed by atoms with Gasteiger partial charge in [-0.2, -0.15) is 5.10 Å². The Kier molecular flexibility index (Phi) is 4.26. The van der Waals surface area contributed by atoms with E-state index in [0.29, 0.717) is 12.8 Å². The minimum atomic E-state index is -0.578. The zero-order valence-electron chi connectivity index (χ0n) is 18.7. The quantitative estimate of drug-likeness (QED) is 0.575. The van der Waals surface area contributed by atoms with Crippen LogP contribution in [0.25, 0.3) is 22.3 Å². The van der Waals surface area contributed by atoms with Crippen LogP contribution in [-0.2, 0) is 27.8 Å². The van der Waals surface area contributed by atoms with Gasteiger partial charge in [-0.05, 0) is 73.8 Å². The number of anilines is 1. The number of H-pyrrole nitrogens is 2. The number of carbonyl (C=O) groups is 2. The summed E-state index contributed by atoms with van der Waals surface area (Å²) >= 11 is 0. The third-order valence-electron chi connectivity index (χ3n) is 7.78. The Morgan fingerprint density at radius 1 is 1.22 bits per heavy atom. The average Bonchev–Trinajstić information content (AvgIpc) is 3.34. The van der Waals surface area contributed by atoms with Gasteiger partial charge in [0.2, 0.25) is 11.8 Å². The van der Waals surface area contributed by atoms with Crippen LogP contribution in [0.3, 0.4) is 0 Å². The summed E-state index contributed by atoms with van der Waals surface area (Å²) in [7, 11) is 0. The van der Waals surface area contributed by atoms with Crippen LogP contribution >= 0.6 is 0 Å². The molecule has 2 amide bonds. The topological polar surface area (TPSA) is 93.9 Å². The number of nitrogens with one attached hydrogen (secondary N) is 3. The molecule has 2 aromatic heterocycles. The predicted molar refractivity (Wildman–Crippen MR) is 124 cm³/mol. The third kappa shape index (κ3) is 2.69. The monoisotopic (exact) mass is 431 g/mol. The van der Waals surface area contributed by atoms with Gasteiger partial charge in [-0.1, -0.05) is 13.8 Å². The van der Waals surface area contributed by atoms with Crippen molar-refractivity contribution >= 4 is 28.4 Å². The fraction of sp³-hybridized carbons (Fsp3) is 0.480. The lowest BCUT2D eigenvalue weighted by molar-refractivity contribution is -0.126. The molecule has 1 fully saturated rings. The second kappa shape index (κ2) is 6.95. The molecule has 0 spiro atoms. The molecule has 166 valence electrons. The van der Waals surface area contributed by atoms with Crippen molar-refractivity contribution in [2.75, 3.05) is 11.4 Å². The standard InChI is InChI=1S/C25H29N5O2/c1-3-25(4-2)18-11-19-17(16-7-5-6-14-12-26-29-22(14)23(16)28-19)10-20(18)30(24(25)32)13-21(31)27-15-8-9-15/h10-12,15,28H,3-9,13H2,1-2H3,(H,26,29)(H,27,31). The zero-order chi connectivity index (χ0) is 22.0. The van der Waals surface area contributed by atoms with E-state index in [9.17, 15) is 9.59 Å². The molecule has 7 nitrogen and oxygen atoms in total. The van der Waals surface area contributed by atoms with Crippen LogP contribution in [0.15, 0.2) is 18.3 Å². The van der Waals surface area contributed by atoms with Crippen LogP contribution in [0.2, 0.25) is 0 Å². The number of amides is 2. The Morgan fingerprint density at radius 3 is 2.78 bits per heavy atom. The molecule has 3 aromatic rings. The van der Waals surface area contributed by atoms with Gasteiger partial charge in [-0.15, -0.1) is 0 Å². The largest absolute Gasteiger partial charge is 0.353 e. The molecule has 0 saturated heterocycles. The number of carbonyl (C=O) groups excluding carboxylic acids is 2. The molecule has 3 N–H and O–H groups in total. The highest BCUT2D eigenvalue weighted by molar-refractivity contribution is 6.13. The van der Waals surface area contributed by atoms with Crippen molar-refractivity contribution in [1.29, 1.82) is 0 Å². The van der Waals surface area contributed by atoms with E-state index in [-0.39, 0.29) is 24.4 Å². The molecule has 6 rings (SSSR count). The Morgan fingerprint density at radius 2 is 2.03 bits per heavy atom. The Bertz CT molecular complexity index is 1240. The van der Waals surface area contributed by atoms with Gasteiger partial charge < -0.3 is 15.2 Å². The van der Waals surface area contributed by atoms with E-state index in [1.165, 1.54) is 11.1 Å². The first-order valence-electron chi connectivity index (χ1n) is 11.9. The number of aromatic nitrogens is 3. The third-order valence-corrected chi connectivity index (χ3v) is 7.78. The molecule has 0 radical (unpaired) electrons. The zero-order valence-corrected chi connectivity index (χ0v) is 18.7. The van der Waals surface area contributed by atoms with E-state index in [0.717, 1.165) is 65.6 Å². The number of benzene rings is 1. The second-order valence-electron chi connectivity index (χ2n) is 9.54.